The van der Waals surface area contributed by atoms with Crippen molar-refractivity contribution in [1.29, 1.82) is 0 Å². The molecule has 0 bridgehead atoms. The fraction of sp³-hybridized carbons (Fsp3) is 0.364. The van der Waals surface area contributed by atoms with Gasteiger partial charge in [-0.05, 0) is 56.3 Å². The molecule has 7 heteroatoms. The van der Waals surface area contributed by atoms with Crippen LogP contribution in [0.4, 0.5) is 5.69 Å². The highest BCUT2D eigenvalue weighted by Gasteiger charge is 2.21. The second kappa shape index (κ2) is 7.50. The van der Waals surface area contributed by atoms with Gasteiger partial charge in [-0.15, -0.1) is 0 Å². The third kappa shape index (κ3) is 3.47. The maximum Gasteiger partial charge on any atom is 0.262 e. The minimum atomic E-state index is -0.127. The molecule has 2 N–H and O–H groups in total. The summed E-state index contributed by atoms with van der Waals surface area (Å²) >= 11 is 0. The van der Waals surface area contributed by atoms with E-state index in [0.717, 1.165) is 61.6 Å². The molecule has 0 aliphatic carbocycles. The zero-order chi connectivity index (χ0) is 19.8. The lowest BCUT2D eigenvalue weighted by Gasteiger charge is -2.21. The molecule has 0 unspecified atom stereocenters. The van der Waals surface area contributed by atoms with Crippen LogP contribution in [0.3, 0.4) is 0 Å². The lowest BCUT2D eigenvalue weighted by Crippen LogP contribution is -2.28. The van der Waals surface area contributed by atoms with Crippen LogP contribution >= 0.6 is 0 Å². The Balaban J connectivity index is 1.60. The molecule has 1 aromatic carbocycles. The van der Waals surface area contributed by atoms with Crippen LogP contribution in [0.15, 0.2) is 36.5 Å². The molecule has 0 atom stereocenters. The van der Waals surface area contributed by atoms with Gasteiger partial charge >= 0.3 is 0 Å². The molecule has 2 aromatic heterocycles. The highest BCUT2D eigenvalue weighted by Crippen LogP contribution is 2.34. The number of carbonyl (C=O) groups is 1. The molecule has 2 aliphatic heterocycles. The molecule has 2 aliphatic rings. The Morgan fingerprint density at radius 3 is 3.07 bits per heavy atom. The van der Waals surface area contributed by atoms with E-state index in [9.17, 15) is 4.79 Å². The number of carbonyl (C=O) groups excluding carboxylic acids is 1. The van der Waals surface area contributed by atoms with Gasteiger partial charge in [-0.25, -0.2) is 4.98 Å². The lowest BCUT2D eigenvalue weighted by atomic mass is 10.1. The maximum atomic E-state index is 11.8. The highest BCUT2D eigenvalue weighted by atomic mass is 16.5. The maximum absolute atomic E-state index is 11.8. The normalized spacial score (nSPS) is 17.5. The molecular formula is C22H25N5O2. The van der Waals surface area contributed by atoms with E-state index >= 15 is 0 Å². The summed E-state index contributed by atoms with van der Waals surface area (Å²) in [5.74, 6) is 0.575. The topological polar surface area (TPSA) is 70.9 Å². The molecule has 1 fully saturated rings. The third-order valence-corrected chi connectivity index (χ3v) is 5.64. The number of anilines is 1. The van der Waals surface area contributed by atoms with E-state index in [2.05, 4.69) is 45.2 Å². The van der Waals surface area contributed by atoms with Gasteiger partial charge in [0.2, 0.25) is 0 Å². The fourth-order valence-electron chi connectivity index (χ4n) is 4.14. The van der Waals surface area contributed by atoms with Gasteiger partial charge in [-0.3, -0.25) is 9.69 Å². The minimum Gasteiger partial charge on any atom is -0.482 e. The number of ether oxygens (including phenoxy) is 1. The predicted octanol–water partition coefficient (Wildman–Crippen LogP) is 2.44. The van der Waals surface area contributed by atoms with Crippen LogP contribution < -0.4 is 15.4 Å². The predicted molar refractivity (Wildman–Crippen MR) is 112 cm³/mol. The number of pyridine rings is 1. The van der Waals surface area contributed by atoms with Crippen LogP contribution in [-0.4, -0.2) is 53.0 Å². The van der Waals surface area contributed by atoms with Gasteiger partial charge in [0.15, 0.2) is 6.61 Å². The summed E-state index contributed by atoms with van der Waals surface area (Å²) in [6, 6.07) is 10.1. The van der Waals surface area contributed by atoms with Crippen molar-refractivity contribution in [2.24, 2.45) is 0 Å². The van der Waals surface area contributed by atoms with Crippen LogP contribution in [-0.2, 0) is 11.3 Å². The Morgan fingerprint density at radius 1 is 1.21 bits per heavy atom. The first kappa shape index (κ1) is 18.1. The summed E-state index contributed by atoms with van der Waals surface area (Å²) < 4.78 is 7.72. The number of nitrogens with zero attached hydrogens (tertiary/aromatic N) is 3. The number of aromatic nitrogens is 2. The minimum absolute atomic E-state index is 0.0636. The summed E-state index contributed by atoms with van der Waals surface area (Å²) in [5, 5.41) is 6.38. The average Bonchev–Trinajstić information content (AvgIpc) is 2.90. The summed E-state index contributed by atoms with van der Waals surface area (Å²) in [4.78, 5) is 19.2. The lowest BCUT2D eigenvalue weighted by molar-refractivity contribution is -0.118. The summed E-state index contributed by atoms with van der Waals surface area (Å²) in [7, 11) is 0. The number of hydrogen-bond donors (Lipinski definition) is 2. The van der Waals surface area contributed by atoms with Gasteiger partial charge in [-0.2, -0.15) is 0 Å². The molecule has 5 rings (SSSR count). The second-order valence-corrected chi connectivity index (χ2v) is 7.72. The first-order valence-corrected chi connectivity index (χ1v) is 10.2. The van der Waals surface area contributed by atoms with E-state index in [4.69, 9.17) is 9.72 Å². The number of fused-ring (bicyclic) bond motifs is 2. The molecule has 0 spiro atoms. The van der Waals surface area contributed by atoms with Crippen molar-refractivity contribution in [3.63, 3.8) is 0 Å². The van der Waals surface area contributed by atoms with Crippen LogP contribution in [0.1, 0.15) is 17.7 Å². The Labute approximate surface area is 169 Å². The van der Waals surface area contributed by atoms with E-state index in [1.807, 2.05) is 18.2 Å². The standard InChI is InChI=1S/C22H25N5O2/c1-15-4-2-10-27-18(13-26-9-3-7-23-8-11-26)21(25-22(15)27)16-5-6-19-17(12-16)24-20(28)14-29-19/h2,4-6,10,12,23H,3,7-9,11,13-14H2,1H3,(H,24,28). The quantitative estimate of drug-likeness (QED) is 0.718. The van der Waals surface area contributed by atoms with Gasteiger partial charge in [0.1, 0.15) is 11.4 Å². The first-order chi connectivity index (χ1) is 14.2. The fourth-order valence-corrected chi connectivity index (χ4v) is 4.14. The SMILES string of the molecule is Cc1cccn2c(CN3CCCNCC3)c(-c3ccc4c(c3)NC(=O)CO4)nc12. The number of nitrogens with one attached hydrogen (secondary N) is 2. The van der Waals surface area contributed by atoms with E-state index < -0.39 is 0 Å². The zero-order valence-electron chi connectivity index (χ0n) is 16.6. The summed E-state index contributed by atoms with van der Waals surface area (Å²) in [6.07, 6.45) is 3.24. The van der Waals surface area contributed by atoms with Crippen LogP contribution in [0.5, 0.6) is 5.75 Å². The summed E-state index contributed by atoms with van der Waals surface area (Å²) in [6.45, 7) is 7.15. The van der Waals surface area contributed by atoms with Gasteiger partial charge in [0, 0.05) is 31.4 Å². The van der Waals surface area contributed by atoms with E-state index in [-0.39, 0.29) is 12.5 Å². The Hall–Kier alpha value is -2.90. The van der Waals surface area contributed by atoms with Crippen molar-refractivity contribution >= 4 is 17.2 Å². The number of amides is 1. The van der Waals surface area contributed by atoms with E-state index in [0.29, 0.717) is 11.4 Å². The van der Waals surface area contributed by atoms with E-state index in [1.165, 1.54) is 5.69 Å². The molecule has 4 heterocycles. The molecule has 0 saturated carbocycles. The highest BCUT2D eigenvalue weighted by molar-refractivity contribution is 5.96. The molecular weight excluding hydrogens is 366 g/mol. The largest absolute Gasteiger partial charge is 0.482 e. The molecule has 7 nitrogen and oxygen atoms in total. The third-order valence-electron chi connectivity index (χ3n) is 5.64. The number of imidazole rings is 1. The molecule has 1 amide bonds. The molecule has 150 valence electrons. The van der Waals surface area contributed by atoms with E-state index in [1.54, 1.807) is 0 Å². The second-order valence-electron chi connectivity index (χ2n) is 7.72. The van der Waals surface area contributed by atoms with Crippen molar-refractivity contribution in [3.8, 4) is 17.0 Å². The van der Waals surface area contributed by atoms with Crippen LogP contribution in [0, 0.1) is 6.92 Å². The van der Waals surface area contributed by atoms with Crippen molar-refractivity contribution in [2.45, 2.75) is 19.9 Å². The Bertz CT molecular complexity index is 1070. The Morgan fingerprint density at radius 2 is 2.14 bits per heavy atom. The van der Waals surface area contributed by atoms with Crippen molar-refractivity contribution in [2.75, 3.05) is 38.1 Å². The molecule has 29 heavy (non-hydrogen) atoms. The molecule has 0 radical (unpaired) electrons. The number of hydrogen-bond acceptors (Lipinski definition) is 5. The first-order valence-electron chi connectivity index (χ1n) is 10.2. The molecule has 3 aromatic rings. The smallest absolute Gasteiger partial charge is 0.262 e. The Kier molecular flexibility index (Phi) is 4.69. The van der Waals surface area contributed by atoms with Gasteiger partial charge in [0.05, 0.1) is 17.1 Å². The van der Waals surface area contributed by atoms with Gasteiger partial charge < -0.3 is 19.8 Å². The van der Waals surface area contributed by atoms with Crippen LogP contribution in [0.25, 0.3) is 16.9 Å². The van der Waals surface area contributed by atoms with Gasteiger partial charge in [0.25, 0.3) is 5.91 Å². The average molecular weight is 391 g/mol. The van der Waals surface area contributed by atoms with Crippen molar-refractivity contribution < 1.29 is 9.53 Å². The number of aryl methyl sites for hydroxylation is 1. The van der Waals surface area contributed by atoms with Crippen molar-refractivity contribution in [1.82, 2.24) is 19.6 Å². The van der Waals surface area contributed by atoms with Crippen LogP contribution in [0.2, 0.25) is 0 Å². The number of rotatable bonds is 3. The van der Waals surface area contributed by atoms with Crippen molar-refractivity contribution in [3.05, 3.63) is 47.8 Å². The monoisotopic (exact) mass is 391 g/mol. The van der Waals surface area contributed by atoms with Gasteiger partial charge in [-0.1, -0.05) is 6.07 Å². The zero-order valence-corrected chi connectivity index (χ0v) is 16.6. The molecule has 1 saturated heterocycles. The summed E-state index contributed by atoms with van der Waals surface area (Å²) in [5.41, 5.74) is 5.95. The number of benzene rings is 1.